The number of nitrogens with one attached hydrogen (secondary N) is 1. The molecule has 0 aromatic heterocycles. The molecule has 98 valence electrons. The maximum Gasteiger partial charge on any atom is 0.251 e. The normalized spacial score (nSPS) is 10.2. The van der Waals surface area contributed by atoms with Crippen molar-refractivity contribution in [2.75, 3.05) is 0 Å². The summed E-state index contributed by atoms with van der Waals surface area (Å²) in [6, 6.07) is 12.6. The van der Waals surface area contributed by atoms with E-state index in [1.807, 2.05) is 38.1 Å². The van der Waals surface area contributed by atoms with E-state index < -0.39 is 0 Å². The fraction of sp³-hybridized carbons (Fsp3) is 0.188. The van der Waals surface area contributed by atoms with E-state index in [0.29, 0.717) is 17.7 Å². The van der Waals surface area contributed by atoms with Crippen LogP contribution in [0.25, 0.3) is 0 Å². The minimum Gasteiger partial charge on any atom is -0.508 e. The summed E-state index contributed by atoms with van der Waals surface area (Å²) in [5.74, 6) is 0.0641. The minimum absolute atomic E-state index is 0.133. The highest BCUT2D eigenvalue weighted by molar-refractivity contribution is 5.94. The van der Waals surface area contributed by atoms with E-state index in [9.17, 15) is 9.90 Å². The summed E-state index contributed by atoms with van der Waals surface area (Å²) < 4.78 is 0. The molecule has 3 nitrogen and oxygen atoms in total. The van der Waals surface area contributed by atoms with Crippen LogP contribution in [-0.2, 0) is 6.54 Å². The van der Waals surface area contributed by atoms with Gasteiger partial charge in [-0.15, -0.1) is 0 Å². The van der Waals surface area contributed by atoms with Gasteiger partial charge in [-0.1, -0.05) is 24.3 Å². The van der Waals surface area contributed by atoms with Gasteiger partial charge < -0.3 is 10.4 Å². The topological polar surface area (TPSA) is 49.3 Å². The molecule has 0 atom stereocenters. The van der Waals surface area contributed by atoms with Gasteiger partial charge in [0, 0.05) is 17.7 Å². The fourth-order valence-corrected chi connectivity index (χ4v) is 1.82. The summed E-state index contributed by atoms with van der Waals surface area (Å²) in [6.45, 7) is 4.31. The molecule has 0 heterocycles. The number of hydrogen-bond donors (Lipinski definition) is 2. The molecule has 0 spiro atoms. The number of phenolic OH excluding ortho intramolecular Hbond substituents is 1. The van der Waals surface area contributed by atoms with Crippen LogP contribution < -0.4 is 5.32 Å². The summed E-state index contributed by atoms with van der Waals surface area (Å²) in [4.78, 5) is 12.0. The van der Waals surface area contributed by atoms with Crippen molar-refractivity contribution in [3.05, 3.63) is 64.7 Å². The lowest BCUT2D eigenvalue weighted by molar-refractivity contribution is 0.0950. The van der Waals surface area contributed by atoms with Crippen molar-refractivity contribution in [2.24, 2.45) is 0 Å². The highest BCUT2D eigenvalue weighted by Crippen LogP contribution is 2.15. The van der Waals surface area contributed by atoms with Crippen LogP contribution in [0.4, 0.5) is 0 Å². The van der Waals surface area contributed by atoms with Crippen LogP contribution >= 0.6 is 0 Å². The Balaban J connectivity index is 2.05. The molecule has 0 aliphatic carbocycles. The molecule has 0 radical (unpaired) electrons. The van der Waals surface area contributed by atoms with E-state index in [4.69, 9.17) is 0 Å². The van der Waals surface area contributed by atoms with E-state index >= 15 is 0 Å². The van der Waals surface area contributed by atoms with Gasteiger partial charge in [0.2, 0.25) is 0 Å². The predicted molar refractivity (Wildman–Crippen MR) is 75.2 cm³/mol. The van der Waals surface area contributed by atoms with Crippen LogP contribution in [0, 0.1) is 13.8 Å². The van der Waals surface area contributed by atoms with Gasteiger partial charge >= 0.3 is 0 Å². The predicted octanol–water partition coefficient (Wildman–Crippen LogP) is 2.94. The molecule has 0 bridgehead atoms. The number of carbonyl (C=O) groups is 1. The fourth-order valence-electron chi connectivity index (χ4n) is 1.82. The number of hydrogen-bond acceptors (Lipinski definition) is 2. The van der Waals surface area contributed by atoms with E-state index in [-0.39, 0.29) is 11.7 Å². The summed E-state index contributed by atoms with van der Waals surface area (Å²) in [6.07, 6.45) is 0. The molecule has 0 aliphatic heterocycles. The van der Waals surface area contributed by atoms with Crippen LogP contribution in [0.5, 0.6) is 5.75 Å². The average molecular weight is 255 g/mol. The molecule has 2 aromatic rings. The molecule has 0 aliphatic rings. The summed E-state index contributed by atoms with van der Waals surface area (Å²) >= 11 is 0. The molecule has 0 saturated heterocycles. The van der Waals surface area contributed by atoms with E-state index in [0.717, 1.165) is 11.1 Å². The standard InChI is InChI=1S/C16H17NO2/c1-11-7-8-13(9-12(11)2)16(19)17-10-14-5-3-4-6-15(14)18/h3-9,18H,10H2,1-2H3,(H,17,19). The van der Waals surface area contributed by atoms with Crippen molar-refractivity contribution in [2.45, 2.75) is 20.4 Å². The zero-order chi connectivity index (χ0) is 13.8. The highest BCUT2D eigenvalue weighted by Gasteiger charge is 2.07. The highest BCUT2D eigenvalue weighted by atomic mass is 16.3. The maximum absolute atomic E-state index is 12.0. The summed E-state index contributed by atoms with van der Waals surface area (Å²) in [7, 11) is 0. The molecule has 0 saturated carbocycles. The van der Waals surface area contributed by atoms with E-state index in [1.165, 1.54) is 0 Å². The number of carbonyl (C=O) groups excluding carboxylic acids is 1. The van der Waals surface area contributed by atoms with Crippen molar-refractivity contribution < 1.29 is 9.90 Å². The largest absolute Gasteiger partial charge is 0.508 e. The van der Waals surface area contributed by atoms with Gasteiger partial charge in [-0.25, -0.2) is 0 Å². The van der Waals surface area contributed by atoms with Crippen molar-refractivity contribution >= 4 is 5.91 Å². The van der Waals surface area contributed by atoms with Gasteiger partial charge in [-0.2, -0.15) is 0 Å². The molecule has 19 heavy (non-hydrogen) atoms. The second-order valence-electron chi connectivity index (χ2n) is 4.61. The van der Waals surface area contributed by atoms with Gasteiger partial charge in [0.1, 0.15) is 5.75 Å². The first-order valence-electron chi connectivity index (χ1n) is 6.20. The number of aromatic hydroxyl groups is 1. The third kappa shape index (κ3) is 3.13. The first-order valence-corrected chi connectivity index (χ1v) is 6.20. The van der Waals surface area contributed by atoms with Crippen molar-refractivity contribution in [3.8, 4) is 5.75 Å². The summed E-state index contributed by atoms with van der Waals surface area (Å²) in [5.41, 5.74) is 3.60. The van der Waals surface area contributed by atoms with Crippen molar-refractivity contribution in [1.82, 2.24) is 5.32 Å². The second kappa shape index (κ2) is 5.57. The number of amides is 1. The average Bonchev–Trinajstić information content (AvgIpc) is 2.40. The number of benzene rings is 2. The maximum atomic E-state index is 12.0. The lowest BCUT2D eigenvalue weighted by Gasteiger charge is -2.08. The van der Waals surface area contributed by atoms with E-state index in [2.05, 4.69) is 5.32 Å². The van der Waals surface area contributed by atoms with Crippen LogP contribution in [0.1, 0.15) is 27.0 Å². The van der Waals surface area contributed by atoms with Crippen LogP contribution in [-0.4, -0.2) is 11.0 Å². The second-order valence-corrected chi connectivity index (χ2v) is 4.61. The molecule has 3 heteroatoms. The molecule has 2 rings (SSSR count). The molecule has 0 unspecified atom stereocenters. The zero-order valence-electron chi connectivity index (χ0n) is 11.1. The monoisotopic (exact) mass is 255 g/mol. The molecular formula is C16H17NO2. The minimum atomic E-state index is -0.133. The number of rotatable bonds is 3. The first-order chi connectivity index (χ1) is 9.08. The number of phenols is 1. The van der Waals surface area contributed by atoms with Crippen LogP contribution in [0.15, 0.2) is 42.5 Å². The van der Waals surface area contributed by atoms with Gasteiger partial charge in [-0.3, -0.25) is 4.79 Å². The lowest BCUT2D eigenvalue weighted by Crippen LogP contribution is -2.22. The van der Waals surface area contributed by atoms with Gasteiger partial charge in [0.25, 0.3) is 5.91 Å². The molecule has 2 aromatic carbocycles. The smallest absolute Gasteiger partial charge is 0.251 e. The lowest BCUT2D eigenvalue weighted by atomic mass is 10.1. The Labute approximate surface area is 112 Å². The Hall–Kier alpha value is -2.29. The molecule has 1 amide bonds. The zero-order valence-corrected chi connectivity index (χ0v) is 11.1. The first kappa shape index (κ1) is 13.1. The van der Waals surface area contributed by atoms with Crippen molar-refractivity contribution in [1.29, 1.82) is 0 Å². The Morgan fingerprint density at radius 3 is 2.53 bits per heavy atom. The number of para-hydroxylation sites is 1. The van der Waals surface area contributed by atoms with Gasteiger partial charge in [-0.05, 0) is 43.2 Å². The van der Waals surface area contributed by atoms with Gasteiger partial charge in [0.05, 0.1) is 0 Å². The Kier molecular flexibility index (Phi) is 3.85. The quantitative estimate of drug-likeness (QED) is 0.886. The van der Waals surface area contributed by atoms with Crippen LogP contribution in [0.2, 0.25) is 0 Å². The molecule has 0 fully saturated rings. The Morgan fingerprint density at radius 2 is 1.84 bits per heavy atom. The van der Waals surface area contributed by atoms with Crippen molar-refractivity contribution in [3.63, 3.8) is 0 Å². The molecular weight excluding hydrogens is 238 g/mol. The van der Waals surface area contributed by atoms with E-state index in [1.54, 1.807) is 18.2 Å². The third-order valence-corrected chi connectivity index (χ3v) is 3.20. The Bertz CT molecular complexity index is 605. The SMILES string of the molecule is Cc1ccc(C(=O)NCc2ccccc2O)cc1C. The summed E-state index contributed by atoms with van der Waals surface area (Å²) in [5, 5.41) is 12.4. The Morgan fingerprint density at radius 1 is 1.11 bits per heavy atom. The number of aryl methyl sites for hydroxylation is 2. The third-order valence-electron chi connectivity index (χ3n) is 3.20. The van der Waals surface area contributed by atoms with Gasteiger partial charge in [0.15, 0.2) is 0 Å². The molecule has 2 N–H and O–H groups in total. The van der Waals surface area contributed by atoms with Crippen LogP contribution in [0.3, 0.4) is 0 Å².